The van der Waals surface area contributed by atoms with Gasteiger partial charge in [0.15, 0.2) is 0 Å². The van der Waals surface area contributed by atoms with Crippen molar-refractivity contribution < 1.29 is 23.8 Å². The first kappa shape index (κ1) is 15.9. The predicted molar refractivity (Wildman–Crippen MR) is 62.5 cm³/mol. The summed E-state index contributed by atoms with van der Waals surface area (Å²) < 4.78 is 14.9. The van der Waals surface area contributed by atoms with Crippen LogP contribution in [-0.4, -0.2) is 38.4 Å². The van der Waals surface area contributed by atoms with Crippen LogP contribution < -0.4 is 0 Å². The first-order chi connectivity index (χ1) is 8.10. The highest BCUT2D eigenvalue weighted by Gasteiger charge is 2.14. The van der Waals surface area contributed by atoms with Gasteiger partial charge in [-0.05, 0) is 12.8 Å². The summed E-state index contributed by atoms with van der Waals surface area (Å²) in [4.78, 5) is 22.1. The van der Waals surface area contributed by atoms with Crippen molar-refractivity contribution in [2.45, 2.75) is 45.6 Å². The highest BCUT2D eigenvalue weighted by atomic mass is 16.6. The molecule has 0 aromatic rings. The number of hydrogen-bond donors (Lipinski definition) is 0. The second kappa shape index (κ2) is 10.1. The molecule has 1 unspecified atom stereocenters. The second-order valence-electron chi connectivity index (χ2n) is 3.80. The summed E-state index contributed by atoms with van der Waals surface area (Å²) in [6.45, 7) is 4.12. The van der Waals surface area contributed by atoms with Crippen molar-refractivity contribution in [2.24, 2.45) is 0 Å². The normalized spacial score (nSPS) is 11.9. The smallest absolute Gasteiger partial charge is 0.305 e. The van der Waals surface area contributed by atoms with E-state index in [1.54, 1.807) is 0 Å². The van der Waals surface area contributed by atoms with Crippen molar-refractivity contribution in [3.8, 4) is 0 Å². The van der Waals surface area contributed by atoms with Crippen molar-refractivity contribution in [2.75, 3.05) is 20.3 Å². The number of unbranched alkanes of at least 4 members (excludes halogenated alkanes) is 1. The van der Waals surface area contributed by atoms with E-state index in [1.807, 2.05) is 6.92 Å². The molecule has 1 atom stereocenters. The molecule has 0 aliphatic rings. The first-order valence-corrected chi connectivity index (χ1v) is 5.91. The van der Waals surface area contributed by atoms with Gasteiger partial charge in [0.05, 0.1) is 13.2 Å². The lowest BCUT2D eigenvalue weighted by molar-refractivity contribution is -0.152. The molecule has 5 nitrogen and oxygen atoms in total. The Morgan fingerprint density at radius 3 is 2.53 bits per heavy atom. The summed E-state index contributed by atoms with van der Waals surface area (Å²) in [5.74, 6) is -0.627. The Kier molecular flexibility index (Phi) is 9.43. The molecular weight excluding hydrogens is 224 g/mol. The zero-order valence-electron chi connectivity index (χ0n) is 10.9. The second-order valence-corrected chi connectivity index (χ2v) is 3.80. The quantitative estimate of drug-likeness (QED) is 0.457. The third kappa shape index (κ3) is 9.81. The Morgan fingerprint density at radius 1 is 1.29 bits per heavy atom. The van der Waals surface area contributed by atoms with Gasteiger partial charge in [0.1, 0.15) is 6.10 Å². The Balaban J connectivity index is 3.78. The molecule has 5 heteroatoms. The zero-order valence-corrected chi connectivity index (χ0v) is 10.9. The minimum atomic E-state index is -0.378. The number of carbonyl (C=O) groups excluding carboxylic acids is 2. The molecule has 0 bridgehead atoms. The fraction of sp³-hybridized carbons (Fsp3) is 0.833. The van der Waals surface area contributed by atoms with Crippen LogP contribution in [0.3, 0.4) is 0 Å². The summed E-state index contributed by atoms with van der Waals surface area (Å²) in [5, 5.41) is 0. The molecule has 0 fully saturated rings. The molecule has 0 aromatic carbocycles. The van der Waals surface area contributed by atoms with Gasteiger partial charge in [-0.3, -0.25) is 9.59 Å². The van der Waals surface area contributed by atoms with Gasteiger partial charge >= 0.3 is 11.9 Å². The van der Waals surface area contributed by atoms with E-state index in [2.05, 4.69) is 0 Å². The summed E-state index contributed by atoms with van der Waals surface area (Å²) in [6, 6.07) is 0. The van der Waals surface area contributed by atoms with Gasteiger partial charge in [-0.25, -0.2) is 0 Å². The van der Waals surface area contributed by atoms with Gasteiger partial charge in [0.2, 0.25) is 0 Å². The summed E-state index contributed by atoms with van der Waals surface area (Å²) in [6.07, 6.45) is 2.16. The lowest BCUT2D eigenvalue weighted by atomic mass is 10.2. The number of rotatable bonds is 9. The maximum atomic E-state index is 11.3. The van der Waals surface area contributed by atoms with E-state index < -0.39 is 0 Å². The lowest BCUT2D eigenvalue weighted by Gasteiger charge is -2.15. The zero-order chi connectivity index (χ0) is 13.1. The molecule has 0 heterocycles. The first-order valence-electron chi connectivity index (χ1n) is 5.91. The van der Waals surface area contributed by atoms with E-state index >= 15 is 0 Å². The van der Waals surface area contributed by atoms with E-state index in [0.717, 1.165) is 12.8 Å². The minimum absolute atomic E-state index is 0.241. The molecule has 0 aliphatic heterocycles. The molecule has 0 rings (SSSR count). The van der Waals surface area contributed by atoms with Crippen LogP contribution >= 0.6 is 0 Å². The van der Waals surface area contributed by atoms with Gasteiger partial charge in [-0.1, -0.05) is 13.3 Å². The molecule has 0 aliphatic carbocycles. The molecule has 0 saturated carbocycles. The predicted octanol–water partition coefficient (Wildman–Crippen LogP) is 1.69. The van der Waals surface area contributed by atoms with Gasteiger partial charge < -0.3 is 14.2 Å². The molecule has 100 valence electrons. The molecular formula is C12H22O5. The van der Waals surface area contributed by atoms with Crippen molar-refractivity contribution in [3.63, 3.8) is 0 Å². The molecule has 0 amide bonds. The van der Waals surface area contributed by atoms with Gasteiger partial charge in [-0.2, -0.15) is 0 Å². The van der Waals surface area contributed by atoms with Crippen LogP contribution in [0.1, 0.15) is 39.5 Å². The van der Waals surface area contributed by atoms with Crippen molar-refractivity contribution >= 4 is 11.9 Å². The third-order valence-corrected chi connectivity index (χ3v) is 2.12. The number of hydrogen-bond acceptors (Lipinski definition) is 5. The lowest BCUT2D eigenvalue weighted by Crippen LogP contribution is -2.23. The Labute approximate surface area is 102 Å². The third-order valence-electron chi connectivity index (χ3n) is 2.12. The van der Waals surface area contributed by atoms with Crippen LogP contribution in [0.2, 0.25) is 0 Å². The maximum absolute atomic E-state index is 11.3. The van der Waals surface area contributed by atoms with Crippen LogP contribution in [0.5, 0.6) is 0 Å². The number of methoxy groups -OCH3 is 1. The largest absolute Gasteiger partial charge is 0.466 e. The minimum Gasteiger partial charge on any atom is -0.466 e. The molecule has 0 saturated heterocycles. The molecule has 0 N–H and O–H groups in total. The van der Waals surface area contributed by atoms with Crippen molar-refractivity contribution in [1.29, 1.82) is 0 Å². The van der Waals surface area contributed by atoms with E-state index in [4.69, 9.17) is 14.2 Å². The molecule has 17 heavy (non-hydrogen) atoms. The Morgan fingerprint density at radius 2 is 2.00 bits per heavy atom. The van der Waals surface area contributed by atoms with Crippen molar-refractivity contribution in [1.82, 2.24) is 0 Å². The monoisotopic (exact) mass is 246 g/mol. The maximum Gasteiger partial charge on any atom is 0.305 e. The van der Waals surface area contributed by atoms with E-state index in [-0.39, 0.29) is 24.5 Å². The summed E-state index contributed by atoms with van der Waals surface area (Å²) in [5.41, 5.74) is 0. The fourth-order valence-corrected chi connectivity index (χ4v) is 1.28. The topological polar surface area (TPSA) is 61.8 Å². The van der Waals surface area contributed by atoms with Crippen LogP contribution in [0.4, 0.5) is 0 Å². The standard InChI is InChI=1S/C12H22O5/c1-4-5-8-16-12(14)7-6-11(9-15-3)17-10(2)13/h11H,4-9H2,1-3H3. The number of carbonyl (C=O) groups is 2. The Bertz CT molecular complexity index is 227. The average molecular weight is 246 g/mol. The van der Waals surface area contributed by atoms with E-state index in [9.17, 15) is 9.59 Å². The summed E-state index contributed by atoms with van der Waals surface area (Å²) >= 11 is 0. The van der Waals surface area contributed by atoms with E-state index in [1.165, 1.54) is 14.0 Å². The van der Waals surface area contributed by atoms with Crippen molar-refractivity contribution in [3.05, 3.63) is 0 Å². The number of ether oxygens (including phenoxy) is 3. The van der Waals surface area contributed by atoms with Crippen LogP contribution in [0, 0.1) is 0 Å². The fourth-order valence-electron chi connectivity index (χ4n) is 1.28. The van der Waals surface area contributed by atoms with Gasteiger partial charge in [0.25, 0.3) is 0 Å². The highest BCUT2D eigenvalue weighted by molar-refractivity contribution is 5.69. The van der Waals surface area contributed by atoms with Gasteiger partial charge in [-0.15, -0.1) is 0 Å². The molecule has 0 spiro atoms. The highest BCUT2D eigenvalue weighted by Crippen LogP contribution is 2.05. The average Bonchev–Trinajstić information content (AvgIpc) is 2.26. The number of esters is 2. The van der Waals surface area contributed by atoms with Crippen LogP contribution in [0.15, 0.2) is 0 Å². The van der Waals surface area contributed by atoms with Crippen LogP contribution in [-0.2, 0) is 23.8 Å². The molecule has 0 aromatic heterocycles. The van der Waals surface area contributed by atoms with E-state index in [0.29, 0.717) is 19.6 Å². The SMILES string of the molecule is CCCCOC(=O)CCC(COC)OC(C)=O. The molecule has 0 radical (unpaired) electrons. The Hall–Kier alpha value is -1.10. The van der Waals surface area contributed by atoms with Crippen LogP contribution in [0.25, 0.3) is 0 Å². The van der Waals surface area contributed by atoms with Gasteiger partial charge in [0, 0.05) is 20.5 Å². The summed E-state index contributed by atoms with van der Waals surface area (Å²) in [7, 11) is 1.52.